The highest BCUT2D eigenvalue weighted by atomic mass is 32.2. The Hall–Kier alpha value is -2.99. The van der Waals surface area contributed by atoms with Gasteiger partial charge in [0.2, 0.25) is 10.0 Å². The number of hydrogen-bond acceptors (Lipinski definition) is 6. The van der Waals surface area contributed by atoms with Gasteiger partial charge in [0.05, 0.1) is 16.6 Å². The van der Waals surface area contributed by atoms with Gasteiger partial charge < -0.3 is 10.1 Å². The second kappa shape index (κ2) is 11.5. The molecule has 1 aliphatic carbocycles. The van der Waals surface area contributed by atoms with Gasteiger partial charge in [0.15, 0.2) is 0 Å². The van der Waals surface area contributed by atoms with Crippen molar-refractivity contribution in [2.45, 2.75) is 75.5 Å². The fourth-order valence-electron chi connectivity index (χ4n) is 5.27. The normalized spacial score (nSPS) is 15.1. The van der Waals surface area contributed by atoms with Gasteiger partial charge in [0, 0.05) is 61.7 Å². The average molecular weight is 581 g/mol. The maximum Gasteiger partial charge on any atom is 0.238 e. The van der Waals surface area contributed by atoms with Gasteiger partial charge in [0.25, 0.3) is 0 Å². The smallest absolute Gasteiger partial charge is 0.238 e. The van der Waals surface area contributed by atoms with Crippen LogP contribution < -0.4 is 10.5 Å². The molecule has 0 amide bonds. The quantitative estimate of drug-likeness (QED) is 0.181. The number of sulfonamides is 1. The van der Waals surface area contributed by atoms with Gasteiger partial charge in [-0.05, 0) is 43.2 Å². The summed E-state index contributed by atoms with van der Waals surface area (Å²) >= 11 is 0. The number of fused-ring (bicyclic) bond motifs is 1. The number of hydrogen-bond donors (Lipinski definition) is 2. The minimum Gasteiger partial charge on any atom is -0.382 e. The summed E-state index contributed by atoms with van der Waals surface area (Å²) in [5.41, 5.74) is 5.40. The van der Waals surface area contributed by atoms with E-state index in [9.17, 15) is 8.42 Å². The molecule has 0 atom stereocenters. The number of anilines is 1. The van der Waals surface area contributed by atoms with Crippen LogP contribution in [0, 0.1) is 0 Å². The maximum absolute atomic E-state index is 12.1. The molecule has 2 aromatic carbocycles. The summed E-state index contributed by atoms with van der Waals surface area (Å²) in [5.74, 6) is 0. The van der Waals surface area contributed by atoms with Crippen LogP contribution in [-0.4, -0.2) is 48.7 Å². The third-order valence-corrected chi connectivity index (χ3v) is 10.1. The molecule has 0 unspecified atom stereocenters. The minimum atomic E-state index is -3.86. The molecule has 4 aromatic rings. The van der Waals surface area contributed by atoms with Crippen LogP contribution in [-0.2, 0) is 28.5 Å². The second-order valence-corrected chi connectivity index (χ2v) is 19.2. The van der Waals surface area contributed by atoms with Crippen molar-refractivity contribution < 1.29 is 13.2 Å². The molecule has 1 saturated carbocycles. The molecule has 1 aliphatic rings. The van der Waals surface area contributed by atoms with Crippen LogP contribution in [0.2, 0.25) is 25.7 Å². The Labute approximate surface area is 237 Å². The van der Waals surface area contributed by atoms with Crippen LogP contribution in [0.1, 0.15) is 32.1 Å². The number of nitrogens with zero attached hydrogens (tertiary/aromatic N) is 4. The molecule has 3 N–H and O–H groups in total. The standard InChI is InChI=1S/C29H40N6O3SSi/c1-34-19-22(18-31-34)25-17-28-26(16-27(25)32-23-10-6-5-7-11-23)29(21-9-8-12-24(15-21)39(30,36)37)33-35(28)20-38-13-14-40(2,3)4/h8-9,12,15-19,23,32H,5-7,10-11,13-14,20H2,1-4H3,(H2,30,36,37). The molecular formula is C29H40N6O3SSi. The summed E-state index contributed by atoms with van der Waals surface area (Å²) in [7, 11) is -3.18. The summed E-state index contributed by atoms with van der Waals surface area (Å²) < 4.78 is 34.1. The highest BCUT2D eigenvalue weighted by molar-refractivity contribution is 7.89. The first-order valence-electron chi connectivity index (χ1n) is 14.0. The molecule has 2 aromatic heterocycles. The van der Waals surface area contributed by atoms with Gasteiger partial charge in [0.1, 0.15) is 12.4 Å². The van der Waals surface area contributed by atoms with Crippen LogP contribution in [0.4, 0.5) is 5.69 Å². The van der Waals surface area contributed by atoms with Crippen LogP contribution in [0.3, 0.4) is 0 Å². The molecule has 9 nitrogen and oxygen atoms in total. The van der Waals surface area contributed by atoms with Crippen molar-refractivity contribution in [1.82, 2.24) is 19.6 Å². The summed E-state index contributed by atoms with van der Waals surface area (Å²) in [6.45, 7) is 7.97. The van der Waals surface area contributed by atoms with Crippen molar-refractivity contribution in [2.75, 3.05) is 11.9 Å². The number of benzene rings is 2. The first-order valence-corrected chi connectivity index (χ1v) is 19.2. The topological polar surface area (TPSA) is 117 Å². The number of nitrogens with two attached hydrogens (primary N) is 1. The predicted molar refractivity (Wildman–Crippen MR) is 163 cm³/mol. The Morgan fingerprint density at radius 2 is 1.88 bits per heavy atom. The Bertz CT molecular complexity index is 1600. The van der Waals surface area contributed by atoms with E-state index in [0.29, 0.717) is 30.6 Å². The van der Waals surface area contributed by atoms with E-state index in [1.807, 2.05) is 34.9 Å². The summed E-state index contributed by atoms with van der Waals surface area (Å²) in [5, 5.41) is 19.6. The van der Waals surface area contributed by atoms with Gasteiger partial charge in [-0.3, -0.25) is 4.68 Å². The number of ether oxygens (including phenoxy) is 1. The Kier molecular flexibility index (Phi) is 8.19. The lowest BCUT2D eigenvalue weighted by atomic mass is 9.94. The van der Waals surface area contributed by atoms with Crippen LogP contribution in [0.25, 0.3) is 33.3 Å². The highest BCUT2D eigenvalue weighted by Gasteiger charge is 2.22. The number of nitrogens with one attached hydrogen (secondary N) is 1. The Morgan fingerprint density at radius 1 is 1.10 bits per heavy atom. The molecule has 0 radical (unpaired) electrons. The number of rotatable bonds is 10. The maximum atomic E-state index is 12.1. The first-order chi connectivity index (χ1) is 19.0. The van der Waals surface area contributed by atoms with E-state index in [1.165, 1.54) is 25.3 Å². The third kappa shape index (κ3) is 6.65. The molecule has 214 valence electrons. The SMILES string of the molecule is Cn1cc(-c2cc3c(cc2NC2CCCCC2)c(-c2cccc(S(N)(=O)=O)c2)nn3COCC[Si](C)(C)C)cn1. The molecule has 0 saturated heterocycles. The Balaban J connectivity index is 1.64. The van der Waals surface area contributed by atoms with Gasteiger partial charge >= 0.3 is 0 Å². The lowest BCUT2D eigenvalue weighted by Gasteiger charge is -2.25. The van der Waals surface area contributed by atoms with Gasteiger partial charge in [-0.25, -0.2) is 18.2 Å². The molecule has 1 fully saturated rings. The highest BCUT2D eigenvalue weighted by Crippen LogP contribution is 2.38. The minimum absolute atomic E-state index is 0.0617. The molecule has 0 spiro atoms. The summed E-state index contributed by atoms with van der Waals surface area (Å²) in [6, 6.07) is 12.4. The zero-order valence-electron chi connectivity index (χ0n) is 23.9. The van der Waals surface area contributed by atoms with E-state index in [0.717, 1.165) is 46.6 Å². The molecule has 0 bridgehead atoms. The largest absolute Gasteiger partial charge is 0.382 e. The zero-order chi connectivity index (χ0) is 28.5. The van der Waals surface area contributed by atoms with Crippen molar-refractivity contribution in [3.63, 3.8) is 0 Å². The average Bonchev–Trinajstić information content (AvgIpc) is 3.49. The third-order valence-electron chi connectivity index (χ3n) is 7.52. The first kappa shape index (κ1) is 28.5. The van der Waals surface area contributed by atoms with E-state index in [-0.39, 0.29) is 4.90 Å². The zero-order valence-corrected chi connectivity index (χ0v) is 25.7. The van der Waals surface area contributed by atoms with Gasteiger partial charge in [-0.1, -0.05) is 51.0 Å². The lowest BCUT2D eigenvalue weighted by Crippen LogP contribution is -2.22. The fraction of sp³-hybridized carbons (Fsp3) is 0.448. The number of primary sulfonamides is 1. The van der Waals surface area contributed by atoms with Crippen LogP contribution in [0.5, 0.6) is 0 Å². The van der Waals surface area contributed by atoms with Crippen molar-refractivity contribution in [1.29, 1.82) is 0 Å². The Morgan fingerprint density at radius 3 is 2.55 bits per heavy atom. The fourth-order valence-corrected chi connectivity index (χ4v) is 6.58. The molecule has 11 heteroatoms. The lowest BCUT2D eigenvalue weighted by molar-refractivity contribution is 0.0818. The van der Waals surface area contributed by atoms with Crippen molar-refractivity contribution in [2.24, 2.45) is 12.2 Å². The van der Waals surface area contributed by atoms with Gasteiger partial charge in [-0.15, -0.1) is 0 Å². The molecule has 2 heterocycles. The van der Waals surface area contributed by atoms with E-state index in [4.69, 9.17) is 15.0 Å². The van der Waals surface area contributed by atoms with Crippen LogP contribution in [0.15, 0.2) is 53.7 Å². The van der Waals surface area contributed by atoms with Gasteiger partial charge in [-0.2, -0.15) is 10.2 Å². The monoisotopic (exact) mass is 580 g/mol. The molecule has 5 rings (SSSR count). The van der Waals surface area contributed by atoms with E-state index >= 15 is 0 Å². The van der Waals surface area contributed by atoms with Crippen molar-refractivity contribution in [3.05, 3.63) is 48.8 Å². The van der Waals surface area contributed by atoms with E-state index in [2.05, 4.69) is 42.2 Å². The molecule has 40 heavy (non-hydrogen) atoms. The summed E-state index contributed by atoms with van der Waals surface area (Å²) in [6.07, 6.45) is 9.91. The van der Waals surface area contributed by atoms with Crippen LogP contribution >= 0.6 is 0 Å². The molecular weight excluding hydrogens is 541 g/mol. The van der Waals surface area contributed by atoms with Crippen molar-refractivity contribution in [3.8, 4) is 22.4 Å². The second-order valence-electron chi connectivity index (χ2n) is 12.1. The van der Waals surface area contributed by atoms with Crippen molar-refractivity contribution >= 4 is 34.7 Å². The van der Waals surface area contributed by atoms with E-state index < -0.39 is 18.1 Å². The molecule has 0 aliphatic heterocycles. The predicted octanol–water partition coefficient (Wildman–Crippen LogP) is 5.81. The van der Waals surface area contributed by atoms with E-state index in [1.54, 1.807) is 12.1 Å². The number of aryl methyl sites for hydroxylation is 1. The summed E-state index contributed by atoms with van der Waals surface area (Å²) in [4.78, 5) is 0.0617. The number of aromatic nitrogens is 4.